The fraction of sp³-hybridized carbons (Fsp3) is 0.200. The molecule has 1 aliphatic rings. The zero-order valence-electron chi connectivity index (χ0n) is 25.8. The Morgan fingerprint density at radius 2 is 1.70 bits per heavy atom. The van der Waals surface area contributed by atoms with Crippen molar-refractivity contribution in [3.8, 4) is 22.5 Å². The molecule has 3 aromatic carbocycles. The molecule has 0 atom stereocenters. The molecule has 2 nitrogen and oxygen atoms in total. The molecular weight excluding hydrogens is 701 g/mol. The van der Waals surface area contributed by atoms with Crippen LogP contribution in [-0.2, 0) is 20.1 Å². The second kappa shape index (κ2) is 11.9. The van der Waals surface area contributed by atoms with E-state index in [0.29, 0.717) is 0 Å². The van der Waals surface area contributed by atoms with Gasteiger partial charge < -0.3 is 9.97 Å². The third-order valence-electron chi connectivity index (χ3n) is 7.10. The van der Waals surface area contributed by atoms with Crippen LogP contribution in [0, 0.1) is 19.0 Å². The van der Waals surface area contributed by atoms with Crippen LogP contribution < -0.4 is 5.19 Å². The van der Waals surface area contributed by atoms with Crippen molar-refractivity contribution in [2.45, 2.75) is 45.3 Å². The number of hydrogen-bond donors (Lipinski definition) is 0. The number of benzene rings is 3. The molecule has 3 aromatic heterocycles. The van der Waals surface area contributed by atoms with Crippen LogP contribution in [-0.4, -0.2) is 18.0 Å². The summed E-state index contributed by atoms with van der Waals surface area (Å²) in [5.41, 5.74) is 5.51. The first-order chi connectivity index (χ1) is 20.1. The van der Waals surface area contributed by atoms with Crippen molar-refractivity contribution in [2.24, 2.45) is 0 Å². The molecule has 6 aromatic rings. The van der Waals surface area contributed by atoms with Crippen LogP contribution in [0.15, 0.2) is 91.3 Å². The van der Waals surface area contributed by atoms with Crippen molar-refractivity contribution in [1.29, 1.82) is 0 Å². The van der Waals surface area contributed by atoms with Gasteiger partial charge in [-0.2, -0.15) is 11.3 Å². The SMILES string of the molecule is C[Si](C)(C)c1cccc2c1sc1c(-c3cc(C4CC4)ccn3)[c-]ccc12.[2H]C([2H])([2H])c1ccc(-c2[c-]cccc2)nc1.[Ir]. The molecule has 0 bridgehead atoms. The molecule has 1 aliphatic carbocycles. The third-order valence-corrected chi connectivity index (χ3v) is 10.6. The zero-order valence-corrected chi connectivity index (χ0v) is 27.0. The van der Waals surface area contributed by atoms with Gasteiger partial charge in [0.2, 0.25) is 0 Å². The molecule has 0 spiro atoms. The average molecular weight is 736 g/mol. The van der Waals surface area contributed by atoms with E-state index in [1.165, 1.54) is 44.8 Å². The van der Waals surface area contributed by atoms with E-state index in [9.17, 15) is 0 Å². The summed E-state index contributed by atoms with van der Waals surface area (Å²) >= 11 is 1.93. The van der Waals surface area contributed by atoms with Gasteiger partial charge in [-0.1, -0.05) is 67.0 Å². The van der Waals surface area contributed by atoms with Crippen LogP contribution in [0.2, 0.25) is 19.6 Å². The molecular formula is C35H32IrN2SSi-2. The number of fused-ring (bicyclic) bond motifs is 3. The van der Waals surface area contributed by atoms with Crippen LogP contribution >= 0.6 is 11.3 Å². The Morgan fingerprint density at radius 3 is 2.40 bits per heavy atom. The van der Waals surface area contributed by atoms with E-state index in [4.69, 9.17) is 9.10 Å². The molecule has 0 amide bonds. The van der Waals surface area contributed by atoms with Crippen LogP contribution in [0.3, 0.4) is 0 Å². The smallest absolute Gasteiger partial charge is 0.0794 e. The molecule has 0 unspecified atom stereocenters. The van der Waals surface area contributed by atoms with Gasteiger partial charge in [-0.3, -0.25) is 0 Å². The Bertz CT molecular complexity index is 1860. The normalized spacial score (nSPS) is 14.4. The van der Waals surface area contributed by atoms with Gasteiger partial charge in [0.05, 0.1) is 8.07 Å². The Morgan fingerprint density at radius 1 is 0.850 bits per heavy atom. The van der Waals surface area contributed by atoms with Crippen LogP contribution in [0.4, 0.5) is 0 Å². The first-order valence-electron chi connectivity index (χ1n) is 14.9. The molecule has 1 radical (unpaired) electrons. The quantitative estimate of drug-likeness (QED) is 0.133. The summed E-state index contributed by atoms with van der Waals surface area (Å²) in [7, 11) is -1.39. The Balaban J connectivity index is 0.000000188. The summed E-state index contributed by atoms with van der Waals surface area (Å²) in [4.78, 5) is 8.82. The molecule has 7 rings (SSSR count). The predicted molar refractivity (Wildman–Crippen MR) is 170 cm³/mol. The molecule has 0 saturated heterocycles. The Kier molecular flexibility index (Phi) is 7.37. The van der Waals surface area contributed by atoms with Crippen molar-refractivity contribution in [3.05, 3.63) is 115 Å². The van der Waals surface area contributed by atoms with Gasteiger partial charge in [0.25, 0.3) is 0 Å². The van der Waals surface area contributed by atoms with Gasteiger partial charge in [-0.25, -0.2) is 0 Å². The number of hydrogen-bond acceptors (Lipinski definition) is 3. The fourth-order valence-electron chi connectivity index (χ4n) is 4.90. The Hall–Kier alpha value is -2.95. The monoisotopic (exact) mass is 736 g/mol. The molecule has 3 heterocycles. The van der Waals surface area contributed by atoms with Gasteiger partial charge in [-0.15, -0.1) is 59.7 Å². The van der Waals surface area contributed by atoms with E-state index in [2.05, 4.69) is 79.2 Å². The van der Waals surface area contributed by atoms with Gasteiger partial charge in [-0.05, 0) is 63.9 Å². The van der Waals surface area contributed by atoms with Crippen molar-refractivity contribution < 1.29 is 24.2 Å². The van der Waals surface area contributed by atoms with Crippen molar-refractivity contribution >= 4 is 44.8 Å². The third kappa shape index (κ3) is 6.03. The summed E-state index contributed by atoms with van der Waals surface area (Å²) in [5, 5.41) is 4.29. The van der Waals surface area contributed by atoms with E-state index in [-0.39, 0.29) is 25.7 Å². The van der Waals surface area contributed by atoms with Gasteiger partial charge in [0.1, 0.15) is 0 Å². The number of aromatic nitrogens is 2. The zero-order chi connectivity index (χ0) is 29.5. The minimum absolute atomic E-state index is 0. The van der Waals surface area contributed by atoms with Crippen LogP contribution in [0.1, 0.15) is 34.0 Å². The van der Waals surface area contributed by atoms with Crippen LogP contribution in [0.25, 0.3) is 42.7 Å². The number of thiophene rings is 1. The van der Waals surface area contributed by atoms with E-state index >= 15 is 0 Å². The summed E-state index contributed by atoms with van der Waals surface area (Å²) in [6, 6.07) is 32.8. The molecule has 0 aliphatic heterocycles. The summed E-state index contributed by atoms with van der Waals surface area (Å²) < 4.78 is 24.5. The summed E-state index contributed by atoms with van der Waals surface area (Å²) in [6.45, 7) is 5.20. The van der Waals surface area contributed by atoms with Gasteiger partial charge in [0, 0.05) is 41.3 Å². The van der Waals surface area contributed by atoms with E-state index < -0.39 is 14.9 Å². The largest absolute Gasteiger partial charge is 0.305 e. The van der Waals surface area contributed by atoms with Gasteiger partial charge >= 0.3 is 0 Å². The molecule has 0 N–H and O–H groups in total. The second-order valence-corrected chi connectivity index (χ2v) is 17.1. The minimum atomic E-state index is -2.09. The maximum atomic E-state index is 7.23. The Labute approximate surface area is 260 Å². The van der Waals surface area contributed by atoms with Crippen LogP contribution in [0.5, 0.6) is 0 Å². The number of rotatable bonds is 4. The van der Waals surface area contributed by atoms with Crippen molar-refractivity contribution in [1.82, 2.24) is 9.97 Å². The predicted octanol–water partition coefficient (Wildman–Crippen LogP) is 9.19. The maximum Gasteiger partial charge on any atom is 0.0794 e. The molecule has 40 heavy (non-hydrogen) atoms. The number of nitrogens with zero attached hydrogens (tertiary/aromatic N) is 2. The number of pyridine rings is 2. The van der Waals surface area contributed by atoms with Gasteiger partial charge in [0.15, 0.2) is 0 Å². The van der Waals surface area contributed by atoms with E-state index in [1.54, 1.807) is 23.4 Å². The topological polar surface area (TPSA) is 25.8 Å². The average Bonchev–Trinajstić information content (AvgIpc) is 3.77. The van der Waals surface area contributed by atoms with Crippen molar-refractivity contribution in [3.63, 3.8) is 0 Å². The number of aryl methyl sites for hydroxylation is 1. The van der Waals surface area contributed by atoms with E-state index in [0.717, 1.165) is 28.4 Å². The molecule has 1 saturated carbocycles. The maximum absolute atomic E-state index is 7.23. The summed E-state index contributed by atoms with van der Waals surface area (Å²) in [5.74, 6) is 0.747. The van der Waals surface area contributed by atoms with E-state index in [1.807, 2.05) is 35.7 Å². The second-order valence-electron chi connectivity index (χ2n) is 11.1. The van der Waals surface area contributed by atoms with Crippen molar-refractivity contribution in [2.75, 3.05) is 0 Å². The molecule has 203 valence electrons. The molecule has 5 heteroatoms. The minimum Gasteiger partial charge on any atom is -0.305 e. The first kappa shape index (κ1) is 24.8. The molecule has 1 fully saturated rings. The first-order valence-corrected chi connectivity index (χ1v) is 17.7. The standard InChI is InChI=1S/C23H22NSSi.C12H10N.Ir/c1-26(2,3)21-9-5-7-18-17-6-4-8-19(22(17)25-23(18)21)20-14-16(12-13-24-20)15-10-11-15;1-10-7-8-12(13-9-10)11-5-3-2-4-6-11;/h4-7,9,12-15H,10-11H2,1-3H3;2-5,7-9H,1H3;/q2*-1;/i;1D3;. The summed E-state index contributed by atoms with van der Waals surface area (Å²) in [6.07, 6.45) is 6.00. The fourth-order valence-corrected chi connectivity index (χ4v) is 8.61.